The van der Waals surface area contributed by atoms with Crippen molar-refractivity contribution in [1.82, 2.24) is 4.57 Å². The van der Waals surface area contributed by atoms with E-state index in [1.54, 1.807) is 11.3 Å². The lowest BCUT2D eigenvalue weighted by atomic mass is 10.1. The number of benzene rings is 1. The largest absolute Gasteiger partial charge is 0.339 e. The van der Waals surface area contributed by atoms with E-state index in [-0.39, 0.29) is 5.78 Å². The average Bonchev–Trinajstić information content (AvgIpc) is 3.02. The predicted octanol–water partition coefficient (Wildman–Crippen LogP) is 4.76. The molecule has 3 rings (SSSR count). The first-order valence-corrected chi connectivity index (χ1v) is 8.08. The van der Waals surface area contributed by atoms with Gasteiger partial charge in [0.15, 0.2) is 5.78 Å². The second kappa shape index (κ2) is 5.49. The molecule has 2 aromatic heterocycles. The molecule has 2 nitrogen and oxygen atoms in total. The first-order chi connectivity index (χ1) is 10.1. The summed E-state index contributed by atoms with van der Waals surface area (Å²) in [5, 5.41) is 1.21. The van der Waals surface area contributed by atoms with Gasteiger partial charge in [-0.05, 0) is 43.4 Å². The Hall–Kier alpha value is -1.87. The third kappa shape index (κ3) is 2.54. The van der Waals surface area contributed by atoms with Crippen LogP contribution in [0.3, 0.4) is 0 Å². The van der Waals surface area contributed by atoms with E-state index in [0.717, 1.165) is 16.9 Å². The number of aryl methyl sites for hydroxylation is 3. The smallest absolute Gasteiger partial charge is 0.183 e. The van der Waals surface area contributed by atoms with Gasteiger partial charge in [0.05, 0.1) is 12.1 Å². The van der Waals surface area contributed by atoms with Crippen LogP contribution in [0.25, 0.3) is 10.9 Å². The second-order valence-electron chi connectivity index (χ2n) is 5.40. The Kier molecular flexibility index (Phi) is 3.68. The second-order valence-corrected chi connectivity index (χ2v) is 6.86. The fourth-order valence-electron chi connectivity index (χ4n) is 2.91. The topological polar surface area (TPSA) is 22.0 Å². The Bertz CT molecular complexity index is 810. The molecule has 0 saturated heterocycles. The summed E-state index contributed by atoms with van der Waals surface area (Å²) in [6, 6.07) is 10.4. The standard InChI is InChI=1S/C18H19NOS/c1-4-14-6-5-7-15-8-9-19(18(14)15)11-17(20)16-10-12(2)21-13(16)3/h5-10H,4,11H2,1-3H3. The highest BCUT2D eigenvalue weighted by atomic mass is 32.1. The zero-order chi connectivity index (χ0) is 15.0. The maximum atomic E-state index is 12.6. The molecule has 0 radical (unpaired) electrons. The molecule has 0 atom stereocenters. The van der Waals surface area contributed by atoms with Crippen molar-refractivity contribution >= 4 is 28.0 Å². The van der Waals surface area contributed by atoms with Gasteiger partial charge < -0.3 is 4.57 Å². The lowest BCUT2D eigenvalue weighted by Crippen LogP contribution is -2.10. The first kappa shape index (κ1) is 14.1. The van der Waals surface area contributed by atoms with E-state index in [1.807, 2.05) is 19.2 Å². The van der Waals surface area contributed by atoms with Crippen LogP contribution in [-0.4, -0.2) is 10.4 Å². The summed E-state index contributed by atoms with van der Waals surface area (Å²) in [7, 11) is 0. The average molecular weight is 297 g/mol. The highest BCUT2D eigenvalue weighted by molar-refractivity contribution is 7.12. The Morgan fingerprint density at radius 3 is 2.71 bits per heavy atom. The van der Waals surface area contributed by atoms with E-state index >= 15 is 0 Å². The summed E-state index contributed by atoms with van der Waals surface area (Å²) in [5.41, 5.74) is 3.36. The number of aromatic nitrogens is 1. The number of hydrogen-bond donors (Lipinski definition) is 0. The van der Waals surface area contributed by atoms with Crippen molar-refractivity contribution in [1.29, 1.82) is 0 Å². The monoisotopic (exact) mass is 297 g/mol. The van der Waals surface area contributed by atoms with Gasteiger partial charge >= 0.3 is 0 Å². The van der Waals surface area contributed by atoms with Crippen LogP contribution in [0.15, 0.2) is 36.5 Å². The quantitative estimate of drug-likeness (QED) is 0.636. The van der Waals surface area contributed by atoms with Gasteiger partial charge in [-0.15, -0.1) is 11.3 Å². The number of carbonyl (C=O) groups is 1. The van der Waals surface area contributed by atoms with Gasteiger partial charge in [-0.3, -0.25) is 4.79 Å². The molecule has 3 aromatic rings. The highest BCUT2D eigenvalue weighted by Crippen LogP contribution is 2.24. The van der Waals surface area contributed by atoms with Crippen LogP contribution >= 0.6 is 11.3 Å². The molecule has 0 saturated carbocycles. The zero-order valence-corrected chi connectivity index (χ0v) is 13.5. The molecule has 0 N–H and O–H groups in total. The minimum atomic E-state index is 0.195. The predicted molar refractivity (Wildman–Crippen MR) is 89.4 cm³/mol. The van der Waals surface area contributed by atoms with Gasteiger partial charge in [0.1, 0.15) is 0 Å². The Labute approximate surface area is 129 Å². The van der Waals surface area contributed by atoms with Crippen LogP contribution in [0.2, 0.25) is 0 Å². The Morgan fingerprint density at radius 1 is 1.24 bits per heavy atom. The van der Waals surface area contributed by atoms with Crippen LogP contribution in [0.1, 0.15) is 32.6 Å². The van der Waals surface area contributed by atoms with E-state index in [1.165, 1.54) is 21.3 Å². The molecule has 1 aromatic carbocycles. The summed E-state index contributed by atoms with van der Waals surface area (Å²) in [6.07, 6.45) is 3.00. The molecule has 0 spiro atoms. The van der Waals surface area contributed by atoms with Crippen molar-refractivity contribution < 1.29 is 4.79 Å². The Balaban J connectivity index is 1.98. The molecule has 108 valence electrons. The maximum Gasteiger partial charge on any atom is 0.183 e. The molecule has 0 bridgehead atoms. The van der Waals surface area contributed by atoms with E-state index in [2.05, 4.69) is 42.7 Å². The van der Waals surface area contributed by atoms with E-state index < -0.39 is 0 Å². The lowest BCUT2D eigenvalue weighted by Gasteiger charge is -2.08. The molecule has 0 aliphatic rings. The van der Waals surface area contributed by atoms with Gasteiger partial charge in [0, 0.05) is 21.5 Å². The molecule has 0 fully saturated rings. The molecule has 0 unspecified atom stereocenters. The van der Waals surface area contributed by atoms with Crippen molar-refractivity contribution in [2.45, 2.75) is 33.7 Å². The van der Waals surface area contributed by atoms with Gasteiger partial charge in [0.2, 0.25) is 0 Å². The maximum absolute atomic E-state index is 12.6. The fraction of sp³-hybridized carbons (Fsp3) is 0.278. The third-order valence-electron chi connectivity index (χ3n) is 3.91. The van der Waals surface area contributed by atoms with Crippen molar-refractivity contribution in [2.75, 3.05) is 0 Å². The van der Waals surface area contributed by atoms with Crippen LogP contribution in [-0.2, 0) is 13.0 Å². The number of nitrogens with zero attached hydrogens (tertiary/aromatic N) is 1. The van der Waals surface area contributed by atoms with E-state index in [9.17, 15) is 4.79 Å². The normalized spacial score (nSPS) is 11.2. The number of thiophene rings is 1. The number of hydrogen-bond acceptors (Lipinski definition) is 2. The number of ketones is 1. The molecular weight excluding hydrogens is 278 g/mol. The first-order valence-electron chi connectivity index (χ1n) is 7.27. The van der Waals surface area contributed by atoms with Crippen molar-refractivity contribution in [3.8, 4) is 0 Å². The van der Waals surface area contributed by atoms with E-state index in [4.69, 9.17) is 0 Å². The summed E-state index contributed by atoms with van der Waals surface area (Å²) >= 11 is 1.69. The van der Waals surface area contributed by atoms with Gasteiger partial charge in [-0.1, -0.05) is 25.1 Å². The van der Waals surface area contributed by atoms with Crippen molar-refractivity contribution in [3.05, 3.63) is 57.4 Å². The Morgan fingerprint density at radius 2 is 2.05 bits per heavy atom. The zero-order valence-electron chi connectivity index (χ0n) is 12.6. The fourth-order valence-corrected chi connectivity index (χ4v) is 3.85. The van der Waals surface area contributed by atoms with Crippen molar-refractivity contribution in [2.24, 2.45) is 0 Å². The van der Waals surface area contributed by atoms with Gasteiger partial charge in [0.25, 0.3) is 0 Å². The molecule has 21 heavy (non-hydrogen) atoms. The molecular formula is C18H19NOS. The lowest BCUT2D eigenvalue weighted by molar-refractivity contribution is 0.0973. The SMILES string of the molecule is CCc1cccc2ccn(CC(=O)c3cc(C)sc3C)c12. The molecule has 0 amide bonds. The summed E-state index contributed by atoms with van der Waals surface area (Å²) in [6.45, 7) is 6.64. The number of rotatable bonds is 4. The third-order valence-corrected chi connectivity index (χ3v) is 4.87. The number of para-hydroxylation sites is 1. The molecule has 0 aliphatic carbocycles. The van der Waals surface area contributed by atoms with Gasteiger partial charge in [-0.25, -0.2) is 0 Å². The molecule has 2 heterocycles. The number of fused-ring (bicyclic) bond motifs is 1. The minimum Gasteiger partial charge on any atom is -0.339 e. The van der Waals surface area contributed by atoms with E-state index in [0.29, 0.717) is 6.54 Å². The summed E-state index contributed by atoms with van der Waals surface area (Å²) < 4.78 is 2.09. The highest BCUT2D eigenvalue weighted by Gasteiger charge is 2.14. The number of carbonyl (C=O) groups excluding carboxylic acids is 1. The summed E-state index contributed by atoms with van der Waals surface area (Å²) in [5.74, 6) is 0.195. The number of Topliss-reactive ketones (excluding diaryl/α,β-unsaturated/α-hetero) is 1. The molecule has 3 heteroatoms. The molecule has 0 aliphatic heterocycles. The van der Waals surface area contributed by atoms with Crippen LogP contribution in [0, 0.1) is 13.8 Å². The minimum absolute atomic E-state index is 0.195. The van der Waals surface area contributed by atoms with Crippen LogP contribution < -0.4 is 0 Å². The van der Waals surface area contributed by atoms with Gasteiger partial charge in [-0.2, -0.15) is 0 Å². The van der Waals surface area contributed by atoms with Crippen LogP contribution in [0.5, 0.6) is 0 Å². The van der Waals surface area contributed by atoms with Crippen LogP contribution in [0.4, 0.5) is 0 Å². The summed E-state index contributed by atoms with van der Waals surface area (Å²) in [4.78, 5) is 14.9. The van der Waals surface area contributed by atoms with Crippen molar-refractivity contribution in [3.63, 3.8) is 0 Å².